The molecule has 0 bridgehead atoms. The molecule has 1 fully saturated rings. The molecule has 0 saturated heterocycles. The summed E-state index contributed by atoms with van der Waals surface area (Å²) in [5, 5.41) is 2.27. The van der Waals surface area contributed by atoms with E-state index in [-0.39, 0.29) is 0 Å². The van der Waals surface area contributed by atoms with Gasteiger partial charge in [0, 0.05) is 29.8 Å². The number of hydrogen-bond acceptors (Lipinski definition) is 2. The van der Waals surface area contributed by atoms with Gasteiger partial charge in [0.2, 0.25) is 0 Å². The number of rotatable bonds is 4. The van der Waals surface area contributed by atoms with Crippen molar-refractivity contribution < 1.29 is 5.79 Å². The third-order valence-electron chi connectivity index (χ3n) is 7.28. The Morgan fingerprint density at radius 3 is 2.55 bits per heavy atom. The summed E-state index contributed by atoms with van der Waals surface area (Å²) in [6.45, 7) is 1.94. The third kappa shape index (κ3) is 3.74. The van der Waals surface area contributed by atoms with Crippen LogP contribution < -0.4 is 0 Å². The lowest BCUT2D eigenvalue weighted by molar-refractivity contribution is 0.443. The van der Waals surface area contributed by atoms with E-state index in [1.165, 1.54) is 37.7 Å². The maximum Gasteiger partial charge on any atom is 0.144 e. The molecule has 1 saturated carbocycles. The molecule has 33 heavy (non-hydrogen) atoms. The molecule has 6 rings (SSSR count). The van der Waals surface area contributed by atoms with Gasteiger partial charge < -0.3 is 4.42 Å². The summed E-state index contributed by atoms with van der Waals surface area (Å²) in [6, 6.07) is 27.0. The van der Waals surface area contributed by atoms with Gasteiger partial charge in [0.15, 0.2) is 0 Å². The van der Waals surface area contributed by atoms with Crippen molar-refractivity contribution in [1.82, 2.24) is 4.98 Å². The minimum absolute atomic E-state index is 0.650. The molecule has 3 aromatic carbocycles. The standard InChI is InChI=1S/C31H29NO/c1-21(22-9-4-2-5-10-22)24-17-18-32-29(19-24)28-14-8-13-27-26-16-15-25(20-30(26)33-31(27)28)23-11-6-3-7-12-23/h2,4-5,8-10,13-21,23H,3,6-7,11-12H2,1H3/i21D. The van der Waals surface area contributed by atoms with Gasteiger partial charge in [-0.05, 0) is 59.7 Å². The van der Waals surface area contributed by atoms with Crippen LogP contribution in [0.25, 0.3) is 33.2 Å². The van der Waals surface area contributed by atoms with E-state index in [0.29, 0.717) is 5.92 Å². The largest absolute Gasteiger partial charge is 0.455 e. The molecule has 0 radical (unpaired) electrons. The average molecular weight is 433 g/mol. The van der Waals surface area contributed by atoms with Crippen LogP contribution in [-0.2, 0) is 0 Å². The monoisotopic (exact) mass is 432 g/mol. The molecule has 2 nitrogen and oxygen atoms in total. The second-order valence-corrected chi connectivity index (χ2v) is 9.30. The number of para-hydroxylation sites is 1. The van der Waals surface area contributed by atoms with Crippen molar-refractivity contribution in [3.63, 3.8) is 0 Å². The Hall–Kier alpha value is -3.39. The Morgan fingerprint density at radius 2 is 1.70 bits per heavy atom. The van der Waals surface area contributed by atoms with Crippen LogP contribution in [-0.4, -0.2) is 4.98 Å². The molecule has 0 aliphatic heterocycles. The quantitative estimate of drug-likeness (QED) is 0.283. The molecule has 1 atom stereocenters. The molecule has 2 heterocycles. The van der Waals surface area contributed by atoms with Crippen molar-refractivity contribution in [3.8, 4) is 11.3 Å². The first kappa shape index (κ1) is 19.1. The average Bonchev–Trinajstić information content (AvgIpc) is 3.28. The number of pyridine rings is 1. The molecule has 2 aromatic heterocycles. The maximum absolute atomic E-state index is 9.09. The van der Waals surface area contributed by atoms with Gasteiger partial charge >= 0.3 is 0 Å². The molecule has 0 spiro atoms. The zero-order valence-corrected chi connectivity index (χ0v) is 19.1. The molecule has 5 aromatic rings. The lowest BCUT2D eigenvalue weighted by Gasteiger charge is -2.21. The fourth-order valence-electron chi connectivity index (χ4n) is 5.37. The molecule has 1 aliphatic carbocycles. The van der Waals surface area contributed by atoms with Crippen LogP contribution in [0.2, 0.25) is 0 Å². The van der Waals surface area contributed by atoms with Gasteiger partial charge in [-0.25, -0.2) is 0 Å². The number of aromatic nitrogens is 1. The van der Waals surface area contributed by atoms with Crippen molar-refractivity contribution in [2.24, 2.45) is 0 Å². The van der Waals surface area contributed by atoms with Crippen LogP contribution in [0.4, 0.5) is 0 Å². The summed E-state index contributed by atoms with van der Waals surface area (Å²) in [4.78, 5) is 4.68. The highest BCUT2D eigenvalue weighted by atomic mass is 16.3. The summed E-state index contributed by atoms with van der Waals surface area (Å²) in [5.74, 6) is -0.216. The van der Waals surface area contributed by atoms with E-state index < -0.39 is 5.89 Å². The van der Waals surface area contributed by atoms with Gasteiger partial charge in [-0.3, -0.25) is 4.98 Å². The van der Waals surface area contributed by atoms with Gasteiger partial charge in [0.05, 0.1) is 5.69 Å². The summed E-state index contributed by atoms with van der Waals surface area (Å²) in [7, 11) is 0. The van der Waals surface area contributed by atoms with E-state index in [1.54, 1.807) is 0 Å². The summed E-state index contributed by atoms with van der Waals surface area (Å²) in [5.41, 5.74) is 6.91. The second kappa shape index (κ2) is 8.51. The molecule has 164 valence electrons. The zero-order valence-electron chi connectivity index (χ0n) is 20.1. The molecular weight excluding hydrogens is 402 g/mol. The Labute approximate surface area is 196 Å². The fraction of sp³-hybridized carbons (Fsp3) is 0.258. The van der Waals surface area contributed by atoms with Crippen LogP contribution in [0, 0.1) is 0 Å². The van der Waals surface area contributed by atoms with Crippen LogP contribution in [0.5, 0.6) is 0 Å². The minimum atomic E-state index is -0.865. The Bertz CT molecular complexity index is 1460. The predicted molar refractivity (Wildman–Crippen MR) is 137 cm³/mol. The molecule has 1 unspecified atom stereocenters. The van der Waals surface area contributed by atoms with Gasteiger partial charge in [-0.2, -0.15) is 0 Å². The van der Waals surface area contributed by atoms with Crippen LogP contribution in [0.1, 0.15) is 68.9 Å². The van der Waals surface area contributed by atoms with Crippen molar-refractivity contribution in [2.75, 3.05) is 0 Å². The van der Waals surface area contributed by atoms with Gasteiger partial charge in [0.1, 0.15) is 11.2 Å². The lowest BCUT2D eigenvalue weighted by atomic mass is 9.84. The van der Waals surface area contributed by atoms with E-state index >= 15 is 0 Å². The van der Waals surface area contributed by atoms with Gasteiger partial charge in [0.25, 0.3) is 0 Å². The van der Waals surface area contributed by atoms with E-state index in [0.717, 1.165) is 44.3 Å². The maximum atomic E-state index is 9.09. The zero-order chi connectivity index (χ0) is 23.1. The summed E-state index contributed by atoms with van der Waals surface area (Å²) in [6.07, 6.45) is 8.38. The number of fused-ring (bicyclic) bond motifs is 3. The SMILES string of the molecule is [2H]C(C)(c1ccccc1)c1ccnc(-c2cccc3c2oc2cc(C4CCCCC4)ccc23)c1. The molecular formula is C31H29NO. The van der Waals surface area contributed by atoms with Crippen molar-refractivity contribution in [2.45, 2.75) is 50.8 Å². The van der Waals surface area contributed by atoms with Crippen LogP contribution in [0.3, 0.4) is 0 Å². The highest BCUT2D eigenvalue weighted by molar-refractivity contribution is 6.09. The van der Waals surface area contributed by atoms with E-state index in [9.17, 15) is 0 Å². The second-order valence-electron chi connectivity index (χ2n) is 9.30. The van der Waals surface area contributed by atoms with E-state index in [4.69, 9.17) is 5.79 Å². The molecule has 1 aliphatic rings. The molecule has 0 N–H and O–H groups in total. The van der Waals surface area contributed by atoms with Gasteiger partial charge in [-0.1, -0.05) is 80.8 Å². The first-order valence-corrected chi connectivity index (χ1v) is 12.1. The summed E-state index contributed by atoms with van der Waals surface area (Å²) < 4.78 is 15.6. The highest BCUT2D eigenvalue weighted by Crippen LogP contribution is 2.39. The Balaban J connectivity index is 1.44. The topological polar surface area (TPSA) is 26.0 Å². The first-order chi connectivity index (χ1) is 16.6. The molecule has 0 amide bonds. The van der Waals surface area contributed by atoms with E-state index in [2.05, 4.69) is 41.4 Å². The number of benzene rings is 3. The fourth-order valence-corrected chi connectivity index (χ4v) is 5.37. The van der Waals surface area contributed by atoms with Crippen molar-refractivity contribution >= 4 is 21.9 Å². The predicted octanol–water partition coefficient (Wildman–Crippen LogP) is 8.85. The Morgan fingerprint density at radius 1 is 0.848 bits per heavy atom. The lowest BCUT2D eigenvalue weighted by Crippen LogP contribution is -2.03. The molecule has 2 heteroatoms. The minimum Gasteiger partial charge on any atom is -0.455 e. The third-order valence-corrected chi connectivity index (χ3v) is 7.28. The first-order valence-electron chi connectivity index (χ1n) is 12.6. The normalized spacial score (nSPS) is 17.2. The van der Waals surface area contributed by atoms with Crippen LogP contribution >= 0.6 is 0 Å². The van der Waals surface area contributed by atoms with Crippen molar-refractivity contribution in [3.05, 3.63) is 102 Å². The highest BCUT2D eigenvalue weighted by Gasteiger charge is 2.19. The van der Waals surface area contributed by atoms with Gasteiger partial charge in [-0.15, -0.1) is 0 Å². The van der Waals surface area contributed by atoms with Crippen molar-refractivity contribution in [1.29, 1.82) is 0 Å². The van der Waals surface area contributed by atoms with E-state index in [1.807, 2.05) is 55.6 Å². The number of hydrogen-bond donors (Lipinski definition) is 0. The summed E-state index contributed by atoms with van der Waals surface area (Å²) >= 11 is 0. The van der Waals surface area contributed by atoms with Crippen LogP contribution in [0.15, 0.2) is 89.5 Å². The number of furan rings is 1. The smallest absolute Gasteiger partial charge is 0.144 e. The number of nitrogens with zero attached hydrogens (tertiary/aromatic N) is 1. The Kier molecular flexibility index (Phi) is 4.93.